The average Bonchev–Trinajstić information content (AvgIpc) is 3.15. The first kappa shape index (κ1) is 15.9. The lowest BCUT2D eigenvalue weighted by Crippen LogP contribution is -2.31. The minimum Gasteiger partial charge on any atom is -0.359 e. The highest BCUT2D eigenvalue weighted by molar-refractivity contribution is 6.33. The predicted octanol–water partition coefficient (Wildman–Crippen LogP) is 3.53. The Balaban J connectivity index is 1.91. The van der Waals surface area contributed by atoms with E-state index in [9.17, 15) is 4.79 Å². The Kier molecular flexibility index (Phi) is 4.35. The highest BCUT2D eigenvalue weighted by atomic mass is 35.5. The van der Waals surface area contributed by atoms with Crippen molar-refractivity contribution in [1.29, 1.82) is 0 Å². The van der Waals surface area contributed by atoms with E-state index >= 15 is 0 Å². The molecular formula is C16H19ClN4O2. The van der Waals surface area contributed by atoms with Gasteiger partial charge in [0.05, 0.1) is 23.0 Å². The van der Waals surface area contributed by atoms with Crippen molar-refractivity contribution < 1.29 is 9.32 Å². The molecule has 0 aliphatic carbocycles. The van der Waals surface area contributed by atoms with Crippen molar-refractivity contribution in [3.05, 3.63) is 40.3 Å². The van der Waals surface area contributed by atoms with Crippen molar-refractivity contribution >= 4 is 17.5 Å². The highest BCUT2D eigenvalue weighted by Crippen LogP contribution is 2.34. The molecule has 0 N–H and O–H groups in total. The standard InChI is InChI=1S/C16H19ClN4O2/c1-9(2)15-18-8-11(17)14(19-15)16(22)21-6-4-5-12(21)13-7-10(3)20-23-13/h7-9,12H,4-6H2,1-3H3/t12-/m1/s1. The van der Waals surface area contributed by atoms with Gasteiger partial charge in [-0.25, -0.2) is 9.97 Å². The van der Waals surface area contributed by atoms with Crippen LogP contribution >= 0.6 is 11.6 Å². The Labute approximate surface area is 139 Å². The van der Waals surface area contributed by atoms with Crippen LogP contribution in [0.1, 0.15) is 66.4 Å². The van der Waals surface area contributed by atoms with E-state index in [1.165, 1.54) is 6.20 Å². The Bertz CT molecular complexity index is 729. The first-order valence-corrected chi connectivity index (χ1v) is 8.11. The van der Waals surface area contributed by atoms with Crippen LogP contribution in [0.15, 0.2) is 16.8 Å². The zero-order valence-corrected chi connectivity index (χ0v) is 14.2. The summed E-state index contributed by atoms with van der Waals surface area (Å²) in [6, 6.07) is 1.76. The topological polar surface area (TPSA) is 72.1 Å². The molecule has 122 valence electrons. The lowest BCUT2D eigenvalue weighted by atomic mass is 10.1. The molecule has 0 spiro atoms. The molecule has 23 heavy (non-hydrogen) atoms. The first-order chi connectivity index (χ1) is 11.0. The van der Waals surface area contributed by atoms with E-state index in [0.717, 1.165) is 18.5 Å². The predicted molar refractivity (Wildman–Crippen MR) is 85.4 cm³/mol. The number of halogens is 1. The van der Waals surface area contributed by atoms with Gasteiger partial charge in [0.2, 0.25) is 0 Å². The van der Waals surface area contributed by atoms with Gasteiger partial charge < -0.3 is 9.42 Å². The van der Waals surface area contributed by atoms with Crippen molar-refractivity contribution in [2.75, 3.05) is 6.54 Å². The van der Waals surface area contributed by atoms with Crippen LogP contribution in [0.2, 0.25) is 5.02 Å². The van der Waals surface area contributed by atoms with Gasteiger partial charge in [0.15, 0.2) is 11.5 Å². The van der Waals surface area contributed by atoms with Crippen LogP contribution in [0.4, 0.5) is 0 Å². The van der Waals surface area contributed by atoms with Gasteiger partial charge in [-0.15, -0.1) is 0 Å². The summed E-state index contributed by atoms with van der Waals surface area (Å²) >= 11 is 6.16. The summed E-state index contributed by atoms with van der Waals surface area (Å²) in [6.07, 6.45) is 3.26. The maximum atomic E-state index is 12.9. The number of hydrogen-bond acceptors (Lipinski definition) is 5. The quantitative estimate of drug-likeness (QED) is 0.858. The first-order valence-electron chi connectivity index (χ1n) is 7.74. The molecule has 0 radical (unpaired) electrons. The summed E-state index contributed by atoms with van der Waals surface area (Å²) in [7, 11) is 0. The largest absolute Gasteiger partial charge is 0.359 e. The maximum absolute atomic E-state index is 12.9. The summed E-state index contributed by atoms with van der Waals surface area (Å²) < 4.78 is 5.35. The Morgan fingerprint density at radius 2 is 2.26 bits per heavy atom. The monoisotopic (exact) mass is 334 g/mol. The van der Waals surface area contributed by atoms with Crippen molar-refractivity contribution in [3.8, 4) is 0 Å². The van der Waals surface area contributed by atoms with E-state index in [1.807, 2.05) is 26.8 Å². The van der Waals surface area contributed by atoms with E-state index in [2.05, 4.69) is 15.1 Å². The molecule has 1 saturated heterocycles. The molecule has 2 aromatic heterocycles. The van der Waals surface area contributed by atoms with Gasteiger partial charge in [0.25, 0.3) is 5.91 Å². The van der Waals surface area contributed by atoms with E-state index in [4.69, 9.17) is 16.1 Å². The lowest BCUT2D eigenvalue weighted by Gasteiger charge is -2.22. The highest BCUT2D eigenvalue weighted by Gasteiger charge is 2.34. The van der Waals surface area contributed by atoms with Crippen LogP contribution in [-0.4, -0.2) is 32.5 Å². The van der Waals surface area contributed by atoms with Crippen LogP contribution in [0.3, 0.4) is 0 Å². The SMILES string of the molecule is Cc1cc([C@H]2CCCN2C(=O)c2nc(C(C)C)ncc2Cl)on1. The Morgan fingerprint density at radius 3 is 2.91 bits per heavy atom. The molecule has 6 nitrogen and oxygen atoms in total. The van der Waals surface area contributed by atoms with Crippen LogP contribution in [0.25, 0.3) is 0 Å². The number of aromatic nitrogens is 3. The summed E-state index contributed by atoms with van der Waals surface area (Å²) in [5.74, 6) is 1.27. The number of likely N-dealkylation sites (tertiary alicyclic amines) is 1. The van der Waals surface area contributed by atoms with Gasteiger partial charge in [-0.3, -0.25) is 4.79 Å². The fourth-order valence-electron chi connectivity index (χ4n) is 2.79. The maximum Gasteiger partial charge on any atom is 0.274 e. The molecule has 7 heteroatoms. The van der Waals surface area contributed by atoms with Gasteiger partial charge in [-0.1, -0.05) is 30.6 Å². The molecule has 3 rings (SSSR count). The fraction of sp³-hybridized carbons (Fsp3) is 0.500. The third-order valence-corrected chi connectivity index (χ3v) is 4.25. The van der Waals surface area contributed by atoms with Crippen molar-refractivity contribution in [1.82, 2.24) is 20.0 Å². The minimum absolute atomic E-state index is 0.114. The number of hydrogen-bond donors (Lipinski definition) is 0. The van der Waals surface area contributed by atoms with E-state index in [-0.39, 0.29) is 28.6 Å². The Hall–Kier alpha value is -1.95. The number of aryl methyl sites for hydroxylation is 1. The smallest absolute Gasteiger partial charge is 0.274 e. The normalized spacial score (nSPS) is 18.0. The number of carbonyl (C=O) groups excluding carboxylic acids is 1. The molecule has 1 fully saturated rings. The molecule has 1 aliphatic heterocycles. The molecule has 0 aromatic carbocycles. The number of carbonyl (C=O) groups is 1. The van der Waals surface area contributed by atoms with Crippen molar-refractivity contribution in [3.63, 3.8) is 0 Å². The molecule has 0 unspecified atom stereocenters. The van der Waals surface area contributed by atoms with E-state index in [0.29, 0.717) is 18.1 Å². The van der Waals surface area contributed by atoms with E-state index in [1.54, 1.807) is 4.90 Å². The van der Waals surface area contributed by atoms with Crippen LogP contribution < -0.4 is 0 Å². The third kappa shape index (κ3) is 3.08. The van der Waals surface area contributed by atoms with Gasteiger partial charge in [0, 0.05) is 18.5 Å². The zero-order valence-electron chi connectivity index (χ0n) is 13.4. The second-order valence-corrected chi connectivity index (χ2v) is 6.51. The summed E-state index contributed by atoms with van der Waals surface area (Å²) in [5.41, 5.74) is 1.06. The molecular weight excluding hydrogens is 316 g/mol. The second-order valence-electron chi connectivity index (χ2n) is 6.11. The fourth-order valence-corrected chi connectivity index (χ4v) is 2.96. The number of nitrogens with zero attached hydrogens (tertiary/aromatic N) is 4. The molecule has 0 saturated carbocycles. The summed E-state index contributed by atoms with van der Waals surface area (Å²) in [4.78, 5) is 23.2. The van der Waals surface area contributed by atoms with Crippen molar-refractivity contribution in [2.45, 2.75) is 45.6 Å². The van der Waals surface area contributed by atoms with Crippen LogP contribution in [-0.2, 0) is 0 Å². The zero-order chi connectivity index (χ0) is 16.6. The van der Waals surface area contributed by atoms with Crippen LogP contribution in [0.5, 0.6) is 0 Å². The van der Waals surface area contributed by atoms with Gasteiger partial charge in [-0.05, 0) is 19.8 Å². The average molecular weight is 335 g/mol. The van der Waals surface area contributed by atoms with Crippen LogP contribution in [0, 0.1) is 6.92 Å². The molecule has 1 aliphatic rings. The molecule has 2 aromatic rings. The number of rotatable bonds is 3. The molecule has 3 heterocycles. The number of amides is 1. The molecule has 1 atom stereocenters. The van der Waals surface area contributed by atoms with Crippen molar-refractivity contribution in [2.24, 2.45) is 0 Å². The summed E-state index contributed by atoms with van der Waals surface area (Å²) in [6.45, 7) is 6.48. The van der Waals surface area contributed by atoms with Gasteiger partial charge in [-0.2, -0.15) is 0 Å². The lowest BCUT2D eigenvalue weighted by molar-refractivity contribution is 0.0708. The van der Waals surface area contributed by atoms with Gasteiger partial charge >= 0.3 is 0 Å². The third-order valence-electron chi connectivity index (χ3n) is 3.97. The van der Waals surface area contributed by atoms with Gasteiger partial charge in [0.1, 0.15) is 5.82 Å². The summed E-state index contributed by atoms with van der Waals surface area (Å²) in [5, 5.41) is 4.19. The minimum atomic E-state index is -0.184. The van der Waals surface area contributed by atoms with E-state index < -0.39 is 0 Å². The molecule has 0 bridgehead atoms. The Morgan fingerprint density at radius 1 is 1.48 bits per heavy atom. The molecule has 1 amide bonds. The second kappa shape index (κ2) is 6.28.